The van der Waals surface area contributed by atoms with Crippen molar-refractivity contribution in [3.63, 3.8) is 0 Å². The molecule has 6 heteroatoms. The quantitative estimate of drug-likeness (QED) is 0.422. The standard InChI is InChI=1S/C25H21N3O2S/c1-17-6-2-3-10-23(17)30-20-9-4-7-18(14-20)24(29)27-21-11-13-28-22(21)16-31-25(28)19-8-5-12-26-15-19/h2-15,25H,16H2,1H3,(H,27,29). The molecular formula is C25H21N3O2S. The monoisotopic (exact) mass is 427 g/mol. The number of fused-ring (bicyclic) bond motifs is 1. The number of para-hydroxylation sites is 1. The molecule has 4 aromatic rings. The number of carbonyl (C=O) groups excluding carboxylic acids is 1. The van der Waals surface area contributed by atoms with Crippen LogP contribution in [0.15, 0.2) is 85.3 Å². The number of ether oxygens (including phenoxy) is 1. The van der Waals surface area contributed by atoms with E-state index in [2.05, 4.69) is 20.9 Å². The Hall–Kier alpha value is -3.51. The van der Waals surface area contributed by atoms with Gasteiger partial charge in [-0.25, -0.2) is 0 Å². The highest BCUT2D eigenvalue weighted by Gasteiger charge is 2.27. The van der Waals surface area contributed by atoms with Crippen LogP contribution < -0.4 is 10.1 Å². The summed E-state index contributed by atoms with van der Waals surface area (Å²) < 4.78 is 8.18. The smallest absolute Gasteiger partial charge is 0.255 e. The molecule has 1 unspecified atom stereocenters. The molecule has 31 heavy (non-hydrogen) atoms. The molecule has 5 rings (SSSR count). The third-order valence-electron chi connectivity index (χ3n) is 5.29. The summed E-state index contributed by atoms with van der Waals surface area (Å²) in [5, 5.41) is 3.25. The molecular weight excluding hydrogens is 406 g/mol. The Bertz CT molecular complexity index is 1240. The molecule has 1 aliphatic rings. The van der Waals surface area contributed by atoms with Crippen LogP contribution in [0.3, 0.4) is 0 Å². The van der Waals surface area contributed by atoms with Gasteiger partial charge >= 0.3 is 0 Å². The number of carbonyl (C=O) groups is 1. The van der Waals surface area contributed by atoms with Gasteiger partial charge in [0.05, 0.1) is 11.4 Å². The van der Waals surface area contributed by atoms with Gasteiger partial charge in [-0.3, -0.25) is 9.78 Å². The first kappa shape index (κ1) is 19.5. The van der Waals surface area contributed by atoms with E-state index in [1.165, 1.54) is 0 Å². The Kier molecular flexibility index (Phi) is 5.22. The normalized spacial score (nSPS) is 14.8. The van der Waals surface area contributed by atoms with Gasteiger partial charge in [-0.15, -0.1) is 11.8 Å². The van der Waals surface area contributed by atoms with Crippen molar-refractivity contribution >= 4 is 23.4 Å². The number of benzene rings is 2. The van der Waals surface area contributed by atoms with Crippen LogP contribution in [-0.2, 0) is 5.75 Å². The van der Waals surface area contributed by atoms with Gasteiger partial charge in [0.1, 0.15) is 16.9 Å². The van der Waals surface area contributed by atoms with Crippen molar-refractivity contribution in [3.05, 3.63) is 108 Å². The fraction of sp³-hybridized carbons (Fsp3) is 0.120. The lowest BCUT2D eigenvalue weighted by molar-refractivity contribution is 0.102. The summed E-state index contributed by atoms with van der Waals surface area (Å²) >= 11 is 1.82. The first-order chi connectivity index (χ1) is 15.2. The SMILES string of the molecule is Cc1ccccc1Oc1cccc(C(=O)Nc2ccn3c2CSC3c2cccnc2)c1. The second-order valence-electron chi connectivity index (χ2n) is 7.38. The molecule has 0 saturated carbocycles. The van der Waals surface area contributed by atoms with Crippen LogP contribution in [0.2, 0.25) is 0 Å². The van der Waals surface area contributed by atoms with Crippen molar-refractivity contribution in [2.24, 2.45) is 0 Å². The van der Waals surface area contributed by atoms with Crippen LogP contribution in [0.5, 0.6) is 11.5 Å². The van der Waals surface area contributed by atoms with E-state index in [0.29, 0.717) is 11.3 Å². The fourth-order valence-electron chi connectivity index (χ4n) is 3.68. The predicted octanol–water partition coefficient (Wildman–Crippen LogP) is 6.03. The number of anilines is 1. The third-order valence-corrected chi connectivity index (χ3v) is 6.55. The first-order valence-corrected chi connectivity index (χ1v) is 11.1. The zero-order chi connectivity index (χ0) is 21.2. The zero-order valence-corrected chi connectivity index (χ0v) is 17.8. The van der Waals surface area contributed by atoms with E-state index in [0.717, 1.165) is 34.0 Å². The van der Waals surface area contributed by atoms with Gasteiger partial charge in [0, 0.05) is 35.5 Å². The lowest BCUT2D eigenvalue weighted by Crippen LogP contribution is -2.12. The highest BCUT2D eigenvalue weighted by atomic mass is 32.2. The molecule has 5 nitrogen and oxygen atoms in total. The van der Waals surface area contributed by atoms with E-state index in [-0.39, 0.29) is 11.3 Å². The van der Waals surface area contributed by atoms with E-state index in [4.69, 9.17) is 4.74 Å². The van der Waals surface area contributed by atoms with E-state index in [1.54, 1.807) is 18.3 Å². The van der Waals surface area contributed by atoms with E-state index < -0.39 is 0 Å². The number of hydrogen-bond acceptors (Lipinski definition) is 4. The van der Waals surface area contributed by atoms with Gasteiger partial charge in [-0.2, -0.15) is 0 Å². The summed E-state index contributed by atoms with van der Waals surface area (Å²) in [6.45, 7) is 2.00. The van der Waals surface area contributed by atoms with Gasteiger partial charge in [0.25, 0.3) is 5.91 Å². The Morgan fingerprint density at radius 3 is 2.87 bits per heavy atom. The van der Waals surface area contributed by atoms with E-state index in [9.17, 15) is 4.79 Å². The molecule has 0 saturated heterocycles. The second kappa shape index (κ2) is 8.32. The molecule has 2 aromatic carbocycles. The maximum absolute atomic E-state index is 12.9. The van der Waals surface area contributed by atoms with Crippen molar-refractivity contribution in [1.82, 2.24) is 9.55 Å². The molecule has 1 aliphatic heterocycles. The summed E-state index contributed by atoms with van der Waals surface area (Å²) in [5.41, 5.74) is 4.71. The molecule has 154 valence electrons. The van der Waals surface area contributed by atoms with Crippen LogP contribution in [-0.4, -0.2) is 15.5 Å². The minimum atomic E-state index is -0.154. The molecule has 0 fully saturated rings. The summed E-state index contributed by atoms with van der Waals surface area (Å²) in [5.74, 6) is 2.10. The summed E-state index contributed by atoms with van der Waals surface area (Å²) in [6, 6.07) is 21.1. The van der Waals surface area contributed by atoms with Crippen LogP contribution in [0.4, 0.5) is 5.69 Å². The van der Waals surface area contributed by atoms with Crippen molar-refractivity contribution in [2.75, 3.05) is 5.32 Å². The number of pyridine rings is 1. The number of aromatic nitrogens is 2. The second-order valence-corrected chi connectivity index (χ2v) is 8.45. The average molecular weight is 428 g/mol. The average Bonchev–Trinajstić information content (AvgIpc) is 3.39. The van der Waals surface area contributed by atoms with Crippen LogP contribution >= 0.6 is 11.8 Å². The predicted molar refractivity (Wildman–Crippen MR) is 124 cm³/mol. The van der Waals surface area contributed by atoms with Crippen LogP contribution in [0.1, 0.15) is 32.6 Å². The minimum absolute atomic E-state index is 0.154. The molecule has 0 spiro atoms. The third kappa shape index (κ3) is 3.94. The highest BCUT2D eigenvalue weighted by Crippen LogP contribution is 2.43. The Morgan fingerprint density at radius 1 is 1.13 bits per heavy atom. The lowest BCUT2D eigenvalue weighted by Gasteiger charge is -2.12. The Labute approximate surface area is 185 Å². The molecule has 2 aromatic heterocycles. The zero-order valence-electron chi connectivity index (χ0n) is 17.0. The van der Waals surface area contributed by atoms with E-state index >= 15 is 0 Å². The summed E-state index contributed by atoms with van der Waals surface area (Å²) in [4.78, 5) is 17.2. The number of thioether (sulfide) groups is 1. The van der Waals surface area contributed by atoms with Crippen molar-refractivity contribution in [1.29, 1.82) is 0 Å². The molecule has 1 amide bonds. The molecule has 0 bridgehead atoms. The van der Waals surface area contributed by atoms with Crippen LogP contribution in [0, 0.1) is 6.92 Å². The summed E-state index contributed by atoms with van der Waals surface area (Å²) in [6.07, 6.45) is 5.70. The number of rotatable bonds is 5. The maximum Gasteiger partial charge on any atom is 0.255 e. The van der Waals surface area contributed by atoms with Gasteiger partial charge in [0.15, 0.2) is 0 Å². The molecule has 3 heterocycles. The molecule has 0 radical (unpaired) electrons. The van der Waals surface area contributed by atoms with Gasteiger partial charge in [-0.05, 0) is 48.9 Å². The van der Waals surface area contributed by atoms with E-state index in [1.807, 2.05) is 79.6 Å². The Balaban J connectivity index is 1.33. The first-order valence-electron chi connectivity index (χ1n) is 10.1. The number of nitrogens with one attached hydrogen (secondary N) is 1. The summed E-state index contributed by atoms with van der Waals surface area (Å²) in [7, 11) is 0. The fourth-order valence-corrected chi connectivity index (χ4v) is 4.99. The molecule has 1 atom stereocenters. The number of nitrogens with zero attached hydrogens (tertiary/aromatic N) is 2. The van der Waals surface area contributed by atoms with Crippen LogP contribution in [0.25, 0.3) is 0 Å². The minimum Gasteiger partial charge on any atom is -0.457 e. The molecule has 0 aliphatic carbocycles. The van der Waals surface area contributed by atoms with Crippen molar-refractivity contribution in [2.45, 2.75) is 18.1 Å². The largest absolute Gasteiger partial charge is 0.457 e. The van der Waals surface area contributed by atoms with Crippen molar-refractivity contribution < 1.29 is 9.53 Å². The topological polar surface area (TPSA) is 56.1 Å². The number of amides is 1. The highest BCUT2D eigenvalue weighted by molar-refractivity contribution is 7.99. The van der Waals surface area contributed by atoms with Crippen molar-refractivity contribution in [3.8, 4) is 11.5 Å². The number of hydrogen-bond donors (Lipinski definition) is 1. The number of aryl methyl sites for hydroxylation is 1. The van der Waals surface area contributed by atoms with Gasteiger partial charge < -0.3 is 14.6 Å². The lowest BCUT2D eigenvalue weighted by atomic mass is 10.2. The van der Waals surface area contributed by atoms with Gasteiger partial charge in [-0.1, -0.05) is 30.3 Å². The van der Waals surface area contributed by atoms with Gasteiger partial charge in [0.2, 0.25) is 0 Å². The Morgan fingerprint density at radius 2 is 2.03 bits per heavy atom. The molecule has 1 N–H and O–H groups in total. The maximum atomic E-state index is 12.9.